The van der Waals surface area contributed by atoms with Crippen molar-refractivity contribution in [3.63, 3.8) is 0 Å². The van der Waals surface area contributed by atoms with Crippen molar-refractivity contribution in [3.05, 3.63) is 0 Å². The molecular formula is C30H50O2. The third-order valence-electron chi connectivity index (χ3n) is 13.9. The highest BCUT2D eigenvalue weighted by Crippen LogP contribution is 2.76. The first-order valence-electron chi connectivity index (χ1n) is 13.9. The van der Waals surface area contributed by atoms with Gasteiger partial charge in [-0.3, -0.25) is 4.79 Å². The summed E-state index contributed by atoms with van der Waals surface area (Å²) in [5, 5.41) is 11.3. The Kier molecular flexibility index (Phi) is 4.85. The fourth-order valence-electron chi connectivity index (χ4n) is 11.4. The van der Waals surface area contributed by atoms with Crippen molar-refractivity contribution >= 4 is 5.78 Å². The fraction of sp³-hybridized carbons (Fsp3) is 0.967. The minimum absolute atomic E-state index is 0.159. The lowest BCUT2D eigenvalue weighted by atomic mass is 9.31. The van der Waals surface area contributed by atoms with E-state index in [-0.39, 0.29) is 5.41 Å². The standard InChI is InChI=1S/C30H50O2/c1-19-24-20-9-10-22-27(5)13-12-23(31)25(2,3)21(27)11-14-29(22,7)28(20,6)17-15-26(24,4)16-18-30(19,8)32/h19-22,24,32H,9-18H2,1-8H3/t19-,20+,21-,22+,24+,26-,27-,28+,29+,30?/m0/s1. The summed E-state index contributed by atoms with van der Waals surface area (Å²) >= 11 is 0. The second-order valence-electron chi connectivity index (χ2n) is 15.1. The molecule has 2 nitrogen and oxygen atoms in total. The molecule has 0 aromatic rings. The Bertz CT molecular complexity index is 812. The summed E-state index contributed by atoms with van der Waals surface area (Å²) in [6, 6.07) is 0. The predicted octanol–water partition coefficient (Wildman–Crippen LogP) is 7.43. The molecule has 0 aromatic carbocycles. The zero-order chi connectivity index (χ0) is 23.5. The van der Waals surface area contributed by atoms with E-state index in [0.717, 1.165) is 31.1 Å². The summed E-state index contributed by atoms with van der Waals surface area (Å²) in [5.41, 5.74) is 0.715. The first-order valence-corrected chi connectivity index (χ1v) is 13.9. The van der Waals surface area contributed by atoms with Gasteiger partial charge in [0.05, 0.1) is 5.60 Å². The highest BCUT2D eigenvalue weighted by atomic mass is 16.3. The molecular weight excluding hydrogens is 392 g/mol. The molecule has 0 amide bonds. The first kappa shape index (κ1) is 23.4. The molecule has 5 fully saturated rings. The van der Waals surface area contributed by atoms with Crippen LogP contribution in [0.3, 0.4) is 0 Å². The van der Waals surface area contributed by atoms with E-state index < -0.39 is 5.60 Å². The van der Waals surface area contributed by atoms with Gasteiger partial charge in [-0.1, -0.05) is 48.5 Å². The minimum atomic E-state index is -0.516. The molecule has 1 N–H and O–H groups in total. The van der Waals surface area contributed by atoms with Gasteiger partial charge in [-0.15, -0.1) is 0 Å². The maximum atomic E-state index is 12.9. The molecule has 2 heteroatoms. The van der Waals surface area contributed by atoms with Crippen molar-refractivity contribution in [2.24, 2.45) is 56.7 Å². The van der Waals surface area contributed by atoms with E-state index >= 15 is 0 Å². The topological polar surface area (TPSA) is 37.3 Å². The largest absolute Gasteiger partial charge is 0.390 e. The predicted molar refractivity (Wildman–Crippen MR) is 131 cm³/mol. The molecule has 32 heavy (non-hydrogen) atoms. The van der Waals surface area contributed by atoms with Crippen LogP contribution in [0.4, 0.5) is 0 Å². The molecule has 0 radical (unpaired) electrons. The normalized spacial score (nSPS) is 59.4. The van der Waals surface area contributed by atoms with Crippen LogP contribution >= 0.6 is 0 Å². The molecule has 0 saturated heterocycles. The summed E-state index contributed by atoms with van der Waals surface area (Å²) < 4.78 is 0. The maximum Gasteiger partial charge on any atom is 0.138 e. The van der Waals surface area contributed by atoms with E-state index in [0.29, 0.717) is 45.2 Å². The average Bonchev–Trinajstić information content (AvgIpc) is 2.70. The van der Waals surface area contributed by atoms with E-state index in [4.69, 9.17) is 0 Å². The van der Waals surface area contributed by atoms with Crippen LogP contribution in [0.1, 0.15) is 120 Å². The van der Waals surface area contributed by atoms with Crippen molar-refractivity contribution in [2.75, 3.05) is 0 Å². The van der Waals surface area contributed by atoms with Crippen molar-refractivity contribution < 1.29 is 9.90 Å². The van der Waals surface area contributed by atoms with Crippen LogP contribution in [0.5, 0.6) is 0 Å². The molecule has 5 aliphatic rings. The molecule has 10 atom stereocenters. The molecule has 5 rings (SSSR count). The van der Waals surface area contributed by atoms with Gasteiger partial charge in [0.1, 0.15) is 5.78 Å². The first-order chi connectivity index (χ1) is 14.6. The van der Waals surface area contributed by atoms with Gasteiger partial charge in [-0.25, -0.2) is 0 Å². The van der Waals surface area contributed by atoms with Crippen LogP contribution < -0.4 is 0 Å². The van der Waals surface area contributed by atoms with E-state index in [1.165, 1.54) is 44.9 Å². The third-order valence-corrected chi connectivity index (χ3v) is 13.9. The summed E-state index contributed by atoms with van der Waals surface area (Å²) in [6.07, 6.45) is 11.9. The second kappa shape index (κ2) is 6.64. The van der Waals surface area contributed by atoms with Crippen LogP contribution in [0.2, 0.25) is 0 Å². The molecule has 182 valence electrons. The molecule has 5 aliphatic carbocycles. The third kappa shape index (κ3) is 2.66. The number of fused-ring (bicyclic) bond motifs is 7. The number of hydrogen-bond donors (Lipinski definition) is 1. The van der Waals surface area contributed by atoms with Crippen molar-refractivity contribution in [2.45, 2.75) is 125 Å². The Labute approximate surface area is 197 Å². The summed E-state index contributed by atoms with van der Waals surface area (Å²) in [5.74, 6) is 3.52. The van der Waals surface area contributed by atoms with Gasteiger partial charge in [0.15, 0.2) is 0 Å². The SMILES string of the molecule is C[C@H]1[C@@H]2[C@H]3CC[C@@H]4[C@@]5(C)CCC(=O)C(C)(C)[C@@H]5CC[C@@]4(C)[C@]3(C)CC[C@@]2(C)CCC1(C)O. The summed E-state index contributed by atoms with van der Waals surface area (Å²) in [6.45, 7) is 19.5. The smallest absolute Gasteiger partial charge is 0.138 e. The lowest BCUT2D eigenvalue weighted by Gasteiger charge is -2.73. The minimum Gasteiger partial charge on any atom is -0.390 e. The Hall–Kier alpha value is -0.370. The van der Waals surface area contributed by atoms with Crippen molar-refractivity contribution in [3.8, 4) is 0 Å². The average molecular weight is 443 g/mol. The van der Waals surface area contributed by atoms with E-state index in [2.05, 4.69) is 55.4 Å². The molecule has 0 bridgehead atoms. The quantitative estimate of drug-likeness (QED) is 0.423. The van der Waals surface area contributed by atoms with Crippen LogP contribution in [0.15, 0.2) is 0 Å². The lowest BCUT2D eigenvalue weighted by molar-refractivity contribution is -0.254. The van der Waals surface area contributed by atoms with E-state index in [1.54, 1.807) is 0 Å². The molecule has 0 aromatic heterocycles. The Morgan fingerprint density at radius 2 is 1.41 bits per heavy atom. The van der Waals surface area contributed by atoms with E-state index in [9.17, 15) is 9.90 Å². The monoisotopic (exact) mass is 442 g/mol. The number of rotatable bonds is 0. The van der Waals surface area contributed by atoms with Gasteiger partial charge in [0, 0.05) is 11.8 Å². The lowest BCUT2D eigenvalue weighted by Crippen LogP contribution is -2.68. The molecule has 0 heterocycles. The summed E-state index contributed by atoms with van der Waals surface area (Å²) in [7, 11) is 0. The zero-order valence-electron chi connectivity index (χ0n) is 22.3. The van der Waals surface area contributed by atoms with Crippen molar-refractivity contribution in [1.82, 2.24) is 0 Å². The number of hydrogen-bond acceptors (Lipinski definition) is 2. The fourth-order valence-corrected chi connectivity index (χ4v) is 11.4. The Balaban J connectivity index is 1.55. The number of carbonyl (C=O) groups excluding carboxylic acids is 1. The number of ketones is 1. The number of Topliss-reactive ketones (excluding diaryl/α,β-unsaturated/α-hetero) is 1. The molecule has 0 aliphatic heterocycles. The number of aliphatic hydroxyl groups is 1. The van der Waals surface area contributed by atoms with Gasteiger partial charge < -0.3 is 5.11 Å². The van der Waals surface area contributed by atoms with Gasteiger partial charge in [0.25, 0.3) is 0 Å². The Morgan fingerprint density at radius 3 is 2.09 bits per heavy atom. The highest BCUT2D eigenvalue weighted by molar-refractivity contribution is 5.85. The van der Waals surface area contributed by atoms with Crippen molar-refractivity contribution in [1.29, 1.82) is 0 Å². The Morgan fingerprint density at radius 1 is 0.750 bits per heavy atom. The van der Waals surface area contributed by atoms with Gasteiger partial charge in [0.2, 0.25) is 0 Å². The maximum absolute atomic E-state index is 12.9. The highest BCUT2D eigenvalue weighted by Gasteiger charge is 2.70. The number of carbonyl (C=O) groups is 1. The summed E-state index contributed by atoms with van der Waals surface area (Å²) in [4.78, 5) is 12.9. The molecule has 1 unspecified atom stereocenters. The van der Waals surface area contributed by atoms with Gasteiger partial charge in [-0.2, -0.15) is 0 Å². The van der Waals surface area contributed by atoms with Gasteiger partial charge in [-0.05, 0) is 116 Å². The second-order valence-corrected chi connectivity index (χ2v) is 15.1. The van der Waals surface area contributed by atoms with Gasteiger partial charge >= 0.3 is 0 Å². The van der Waals surface area contributed by atoms with Crippen LogP contribution in [0.25, 0.3) is 0 Å². The molecule has 0 spiro atoms. The molecule has 5 saturated carbocycles. The van der Waals surface area contributed by atoms with Crippen LogP contribution in [-0.2, 0) is 4.79 Å². The van der Waals surface area contributed by atoms with Crippen LogP contribution in [0, 0.1) is 56.7 Å². The van der Waals surface area contributed by atoms with E-state index in [1.807, 2.05) is 0 Å². The zero-order valence-corrected chi connectivity index (χ0v) is 22.3. The van der Waals surface area contributed by atoms with Crippen LogP contribution in [-0.4, -0.2) is 16.5 Å².